The van der Waals surface area contributed by atoms with Crippen LogP contribution in [0.25, 0.3) is 0 Å². The number of anilines is 1. The monoisotopic (exact) mass is 461 g/mol. The zero-order chi connectivity index (χ0) is 23.1. The molecular formula is C28H28ClNO3. The summed E-state index contributed by atoms with van der Waals surface area (Å²) in [5.74, 6) is 0.186. The topological polar surface area (TPSA) is 58.6 Å². The first kappa shape index (κ1) is 21.8. The Morgan fingerprint density at radius 2 is 1.70 bits per heavy atom. The summed E-state index contributed by atoms with van der Waals surface area (Å²) in [6, 6.07) is 24.1. The van der Waals surface area contributed by atoms with Crippen molar-refractivity contribution in [3.05, 3.63) is 94.5 Å². The SMILES string of the molecule is COc1ccc(Cl)c([C@@H]2Cc3ccccc3C23CCC(Nc2ccccc2)(C(=O)O)CC3)c1. The van der Waals surface area contributed by atoms with E-state index in [4.69, 9.17) is 16.3 Å². The maximum Gasteiger partial charge on any atom is 0.329 e. The van der Waals surface area contributed by atoms with Crippen LogP contribution >= 0.6 is 11.6 Å². The van der Waals surface area contributed by atoms with Gasteiger partial charge in [0.15, 0.2) is 0 Å². The first-order valence-corrected chi connectivity index (χ1v) is 11.8. The number of carboxylic acid groups (broad SMARTS) is 1. The Bertz CT molecular complexity index is 1170. The fourth-order valence-corrected chi connectivity index (χ4v) is 6.29. The van der Waals surface area contributed by atoms with Gasteiger partial charge in [-0.2, -0.15) is 0 Å². The molecule has 3 aromatic rings. The first-order valence-electron chi connectivity index (χ1n) is 11.5. The molecule has 1 fully saturated rings. The van der Waals surface area contributed by atoms with Gasteiger partial charge < -0.3 is 15.2 Å². The summed E-state index contributed by atoms with van der Waals surface area (Å²) in [6.07, 6.45) is 3.53. The van der Waals surface area contributed by atoms with Crippen LogP contribution in [0.4, 0.5) is 5.69 Å². The summed E-state index contributed by atoms with van der Waals surface area (Å²) in [5.41, 5.74) is 3.48. The number of benzene rings is 3. The van der Waals surface area contributed by atoms with E-state index in [2.05, 4.69) is 35.6 Å². The molecule has 0 aliphatic heterocycles. The van der Waals surface area contributed by atoms with Crippen LogP contribution in [0, 0.1) is 0 Å². The maximum absolute atomic E-state index is 12.5. The number of hydrogen-bond donors (Lipinski definition) is 2. The summed E-state index contributed by atoms with van der Waals surface area (Å²) < 4.78 is 5.51. The zero-order valence-electron chi connectivity index (χ0n) is 18.7. The lowest BCUT2D eigenvalue weighted by molar-refractivity contribution is -0.144. The third kappa shape index (κ3) is 3.67. The van der Waals surface area contributed by atoms with Gasteiger partial charge in [-0.1, -0.05) is 54.1 Å². The summed E-state index contributed by atoms with van der Waals surface area (Å²) in [4.78, 5) is 12.5. The van der Waals surface area contributed by atoms with Crippen LogP contribution in [0.5, 0.6) is 5.75 Å². The fraction of sp³-hybridized carbons (Fsp3) is 0.321. The molecule has 1 spiro atoms. The minimum Gasteiger partial charge on any atom is -0.497 e. The lowest BCUT2D eigenvalue weighted by Crippen LogP contribution is -2.52. The number of nitrogens with one attached hydrogen (secondary N) is 1. The van der Waals surface area contributed by atoms with Crippen LogP contribution in [0.15, 0.2) is 72.8 Å². The average molecular weight is 462 g/mol. The van der Waals surface area contributed by atoms with Gasteiger partial charge in [-0.05, 0) is 85.0 Å². The summed E-state index contributed by atoms with van der Waals surface area (Å²) >= 11 is 6.73. The largest absolute Gasteiger partial charge is 0.497 e. The van der Waals surface area contributed by atoms with Crippen molar-refractivity contribution in [2.45, 2.75) is 49.0 Å². The van der Waals surface area contributed by atoms with E-state index < -0.39 is 11.5 Å². The van der Waals surface area contributed by atoms with Crippen molar-refractivity contribution >= 4 is 23.3 Å². The number of methoxy groups -OCH3 is 1. The van der Waals surface area contributed by atoms with Gasteiger partial charge in [-0.15, -0.1) is 0 Å². The number of carboxylic acids is 1. The number of ether oxygens (including phenoxy) is 1. The summed E-state index contributed by atoms with van der Waals surface area (Å²) in [5, 5.41) is 14.4. The van der Waals surface area contributed by atoms with Gasteiger partial charge in [0.2, 0.25) is 0 Å². The highest BCUT2D eigenvalue weighted by Crippen LogP contribution is 2.59. The Balaban J connectivity index is 1.54. The van der Waals surface area contributed by atoms with Gasteiger partial charge in [0.25, 0.3) is 0 Å². The van der Waals surface area contributed by atoms with E-state index in [0.717, 1.165) is 41.3 Å². The van der Waals surface area contributed by atoms with Crippen LogP contribution in [-0.2, 0) is 16.6 Å². The third-order valence-corrected chi connectivity index (χ3v) is 8.13. The highest BCUT2D eigenvalue weighted by Gasteiger charge is 2.54. The van der Waals surface area contributed by atoms with Gasteiger partial charge in [0.1, 0.15) is 11.3 Å². The number of carbonyl (C=O) groups is 1. The van der Waals surface area contributed by atoms with Crippen LogP contribution < -0.4 is 10.1 Å². The van der Waals surface area contributed by atoms with Crippen LogP contribution in [0.3, 0.4) is 0 Å². The molecule has 0 heterocycles. The van der Waals surface area contributed by atoms with E-state index in [1.54, 1.807) is 7.11 Å². The molecule has 3 aromatic carbocycles. The molecule has 2 aliphatic carbocycles. The molecule has 5 heteroatoms. The number of halogens is 1. The molecule has 0 radical (unpaired) electrons. The lowest BCUT2D eigenvalue weighted by Gasteiger charge is -2.47. The molecule has 1 saturated carbocycles. The number of rotatable bonds is 5. The van der Waals surface area contributed by atoms with E-state index in [1.807, 2.05) is 42.5 Å². The quantitative estimate of drug-likeness (QED) is 0.459. The maximum atomic E-state index is 12.5. The third-order valence-electron chi connectivity index (χ3n) is 7.79. The molecule has 4 nitrogen and oxygen atoms in total. The summed E-state index contributed by atoms with van der Waals surface area (Å²) in [6.45, 7) is 0. The van der Waals surface area contributed by atoms with E-state index in [0.29, 0.717) is 12.8 Å². The van der Waals surface area contributed by atoms with Gasteiger partial charge in [0.05, 0.1) is 7.11 Å². The van der Waals surface area contributed by atoms with Crippen LogP contribution in [-0.4, -0.2) is 23.7 Å². The molecular weight excluding hydrogens is 434 g/mol. The highest BCUT2D eigenvalue weighted by molar-refractivity contribution is 6.31. The lowest BCUT2D eigenvalue weighted by atomic mass is 9.59. The van der Waals surface area contributed by atoms with Crippen molar-refractivity contribution in [3.8, 4) is 5.75 Å². The number of para-hydroxylation sites is 1. The average Bonchev–Trinajstić information content (AvgIpc) is 3.15. The van der Waals surface area contributed by atoms with Gasteiger partial charge in [-0.25, -0.2) is 4.79 Å². The van der Waals surface area contributed by atoms with Crippen LogP contribution in [0.1, 0.15) is 48.3 Å². The molecule has 0 unspecified atom stereocenters. The van der Waals surface area contributed by atoms with Crippen molar-refractivity contribution in [2.75, 3.05) is 12.4 Å². The van der Waals surface area contributed by atoms with Crippen molar-refractivity contribution in [2.24, 2.45) is 0 Å². The summed E-state index contributed by atoms with van der Waals surface area (Å²) in [7, 11) is 1.67. The number of hydrogen-bond acceptors (Lipinski definition) is 3. The second kappa shape index (κ2) is 8.42. The van der Waals surface area contributed by atoms with E-state index >= 15 is 0 Å². The molecule has 1 atom stereocenters. The molecule has 33 heavy (non-hydrogen) atoms. The predicted molar refractivity (Wildman–Crippen MR) is 131 cm³/mol. The van der Waals surface area contributed by atoms with E-state index in [1.165, 1.54) is 11.1 Å². The standard InChI is InChI=1S/C28H28ClNO3/c1-33-21-11-12-25(29)22(18-21)24-17-19-7-5-6-10-23(19)27(24)13-15-28(16-14-27,26(31)32)30-20-8-3-2-4-9-20/h2-12,18,24,30H,13-17H2,1H3,(H,31,32)/t24-,27?,28?/m0/s1. The second-order valence-corrected chi connectivity index (χ2v) is 9.74. The smallest absolute Gasteiger partial charge is 0.329 e. The second-order valence-electron chi connectivity index (χ2n) is 9.34. The number of aliphatic carboxylic acids is 1. The van der Waals surface area contributed by atoms with Crippen molar-refractivity contribution in [3.63, 3.8) is 0 Å². The molecule has 0 saturated heterocycles. The molecule has 170 valence electrons. The molecule has 2 aliphatic rings. The molecule has 0 aromatic heterocycles. The predicted octanol–water partition coefficient (Wildman–Crippen LogP) is 6.44. The van der Waals surface area contributed by atoms with Crippen LogP contribution in [0.2, 0.25) is 5.02 Å². The van der Waals surface area contributed by atoms with Crippen molar-refractivity contribution in [1.82, 2.24) is 0 Å². The number of fused-ring (bicyclic) bond motifs is 2. The molecule has 5 rings (SSSR count). The Labute approximate surface area is 199 Å². The van der Waals surface area contributed by atoms with Gasteiger partial charge in [0, 0.05) is 16.1 Å². The van der Waals surface area contributed by atoms with Crippen molar-refractivity contribution < 1.29 is 14.6 Å². The molecule has 0 amide bonds. The Hall–Kier alpha value is -2.98. The van der Waals surface area contributed by atoms with Crippen molar-refractivity contribution in [1.29, 1.82) is 0 Å². The minimum absolute atomic E-state index is 0.149. The van der Waals surface area contributed by atoms with Gasteiger partial charge >= 0.3 is 5.97 Å². The normalized spacial score (nSPS) is 26.1. The zero-order valence-corrected chi connectivity index (χ0v) is 19.4. The Kier molecular flexibility index (Phi) is 5.57. The minimum atomic E-state index is -0.979. The van der Waals surface area contributed by atoms with E-state index in [-0.39, 0.29) is 11.3 Å². The molecule has 2 N–H and O–H groups in total. The fourth-order valence-electron chi connectivity index (χ4n) is 6.04. The molecule has 0 bridgehead atoms. The Morgan fingerprint density at radius 3 is 2.39 bits per heavy atom. The van der Waals surface area contributed by atoms with E-state index in [9.17, 15) is 9.90 Å². The highest BCUT2D eigenvalue weighted by atomic mass is 35.5. The Morgan fingerprint density at radius 1 is 1.00 bits per heavy atom. The van der Waals surface area contributed by atoms with Gasteiger partial charge in [-0.3, -0.25) is 0 Å². The first-order chi connectivity index (χ1) is 16.0.